The highest BCUT2D eigenvalue weighted by atomic mass is 32.2. The third kappa shape index (κ3) is 9.60. The molecular formula is C39H53N5O5S. The molecule has 0 saturated heterocycles. The molecule has 3 aromatic carbocycles. The number of sulfonamides is 1. The van der Waals surface area contributed by atoms with Crippen LogP contribution >= 0.6 is 0 Å². The van der Waals surface area contributed by atoms with E-state index in [0.29, 0.717) is 5.69 Å². The van der Waals surface area contributed by atoms with Crippen molar-refractivity contribution < 1.29 is 22.8 Å². The van der Waals surface area contributed by atoms with Crippen LogP contribution in [0.1, 0.15) is 61.0 Å². The van der Waals surface area contributed by atoms with E-state index in [2.05, 4.69) is 15.4 Å². The summed E-state index contributed by atoms with van der Waals surface area (Å²) >= 11 is 0. The average molecular weight is 704 g/mol. The number of nitrogens with one attached hydrogen (secondary N) is 3. The number of benzene rings is 3. The lowest BCUT2D eigenvalue weighted by atomic mass is 9.76. The van der Waals surface area contributed by atoms with Gasteiger partial charge in [0.1, 0.15) is 6.04 Å². The Morgan fingerprint density at radius 2 is 1.34 bits per heavy atom. The van der Waals surface area contributed by atoms with E-state index in [-0.39, 0.29) is 28.2 Å². The van der Waals surface area contributed by atoms with Crippen LogP contribution in [0.15, 0.2) is 95.4 Å². The lowest BCUT2D eigenvalue weighted by molar-refractivity contribution is -0.140. The third-order valence-electron chi connectivity index (χ3n) is 9.08. The van der Waals surface area contributed by atoms with Crippen molar-refractivity contribution >= 4 is 33.4 Å². The Morgan fingerprint density at radius 1 is 0.820 bits per heavy atom. The van der Waals surface area contributed by atoms with Gasteiger partial charge in [-0.25, -0.2) is 13.1 Å². The largest absolute Gasteiger partial charge is 0.399 e. The van der Waals surface area contributed by atoms with E-state index in [1.165, 1.54) is 24.0 Å². The molecular weight excluding hydrogens is 651 g/mol. The van der Waals surface area contributed by atoms with Gasteiger partial charge in [-0.3, -0.25) is 14.4 Å². The van der Waals surface area contributed by atoms with Crippen LogP contribution < -0.4 is 21.1 Å². The monoisotopic (exact) mass is 703 g/mol. The second-order valence-corrected chi connectivity index (χ2v) is 16.4. The molecule has 0 saturated carbocycles. The lowest BCUT2D eigenvalue weighted by Crippen LogP contribution is -2.61. The van der Waals surface area contributed by atoms with Gasteiger partial charge in [0, 0.05) is 23.7 Å². The van der Waals surface area contributed by atoms with Crippen molar-refractivity contribution in [1.82, 2.24) is 20.3 Å². The molecule has 0 fully saturated rings. The van der Waals surface area contributed by atoms with E-state index in [0.717, 1.165) is 16.7 Å². The van der Waals surface area contributed by atoms with Crippen molar-refractivity contribution in [3.63, 3.8) is 0 Å². The van der Waals surface area contributed by atoms with Crippen molar-refractivity contribution in [2.24, 2.45) is 11.3 Å². The highest BCUT2D eigenvalue weighted by molar-refractivity contribution is 7.90. The van der Waals surface area contributed by atoms with E-state index >= 15 is 0 Å². The zero-order chi connectivity index (χ0) is 37.6. The molecule has 3 aromatic rings. The van der Waals surface area contributed by atoms with Crippen LogP contribution in [0.5, 0.6) is 0 Å². The number of nitrogen functional groups attached to an aromatic ring is 1. The van der Waals surface area contributed by atoms with Gasteiger partial charge in [-0.1, -0.05) is 109 Å². The Hall–Kier alpha value is -4.48. The van der Waals surface area contributed by atoms with E-state index in [1.807, 2.05) is 90.9 Å². The summed E-state index contributed by atoms with van der Waals surface area (Å²) in [6.07, 6.45) is 1.59. The number of nitrogens with zero attached hydrogens (tertiary/aromatic N) is 1. The second-order valence-electron chi connectivity index (χ2n) is 14.7. The second kappa shape index (κ2) is 16.0. The normalized spacial score (nSPS) is 14.4. The molecule has 11 heteroatoms. The molecule has 0 aromatic heterocycles. The summed E-state index contributed by atoms with van der Waals surface area (Å²) < 4.78 is 28.5. The van der Waals surface area contributed by atoms with E-state index in [1.54, 1.807) is 44.4 Å². The fourth-order valence-corrected chi connectivity index (χ4v) is 6.94. The number of hydrogen-bond acceptors (Lipinski definition) is 7. The minimum atomic E-state index is -4.19. The molecule has 3 amide bonds. The first-order valence-electron chi connectivity index (χ1n) is 16.7. The fraction of sp³-hybridized carbons (Fsp3) is 0.410. The van der Waals surface area contributed by atoms with E-state index in [4.69, 9.17) is 5.73 Å². The number of likely N-dealkylation sites (N-methyl/N-ethyl adjacent to an activating group) is 2. The van der Waals surface area contributed by atoms with Gasteiger partial charge in [0.15, 0.2) is 0 Å². The summed E-state index contributed by atoms with van der Waals surface area (Å²) in [5.74, 6) is -1.61. The standard InChI is InChI=1S/C39H53N5O5S/c1-25(2)32(24-26(3)35(45)43-50(48,49)31-22-18-28(19-23-31)27-16-20-30(40)21-17-27)44(10)37(47)34(38(4,5)6)42-36(46)33(41-9)39(7,8)29-14-12-11-13-15-29/h11-25,32-34,41H,40H2,1-10H3,(H,42,46)(H,43,45)/b26-24+/t32-,33-,34?/m1/s1. The Morgan fingerprint density at radius 3 is 1.82 bits per heavy atom. The van der Waals surface area contributed by atoms with Gasteiger partial charge in [0.05, 0.1) is 17.0 Å². The summed E-state index contributed by atoms with van der Waals surface area (Å²) in [6.45, 7) is 14.9. The maximum atomic E-state index is 14.2. The summed E-state index contributed by atoms with van der Waals surface area (Å²) in [6, 6.07) is 21.0. The predicted octanol–water partition coefficient (Wildman–Crippen LogP) is 5.27. The molecule has 0 aliphatic carbocycles. The van der Waals surface area contributed by atoms with Gasteiger partial charge in [-0.05, 0) is 66.3 Å². The first-order valence-corrected chi connectivity index (χ1v) is 18.2. The van der Waals surface area contributed by atoms with Crippen LogP contribution in [0.3, 0.4) is 0 Å². The Labute approximate surface area is 298 Å². The van der Waals surface area contributed by atoms with Gasteiger partial charge in [0.25, 0.3) is 15.9 Å². The van der Waals surface area contributed by atoms with Gasteiger partial charge in [-0.2, -0.15) is 0 Å². The first-order chi connectivity index (χ1) is 23.2. The Kier molecular flexibility index (Phi) is 12.8. The molecule has 0 spiro atoms. The van der Waals surface area contributed by atoms with Crippen LogP contribution in [0.4, 0.5) is 5.69 Å². The van der Waals surface area contributed by atoms with Crippen LogP contribution in [-0.4, -0.2) is 63.3 Å². The summed E-state index contributed by atoms with van der Waals surface area (Å²) in [4.78, 5) is 42.7. The van der Waals surface area contributed by atoms with Gasteiger partial charge in [-0.15, -0.1) is 0 Å². The van der Waals surface area contributed by atoms with Crippen molar-refractivity contribution in [3.05, 3.63) is 96.1 Å². The maximum Gasteiger partial charge on any atom is 0.264 e. The molecule has 270 valence electrons. The molecule has 0 heterocycles. The summed E-state index contributed by atoms with van der Waals surface area (Å²) in [5, 5.41) is 6.17. The number of rotatable bonds is 13. The molecule has 1 unspecified atom stereocenters. The highest BCUT2D eigenvalue weighted by Crippen LogP contribution is 2.29. The van der Waals surface area contributed by atoms with Crippen LogP contribution in [0.25, 0.3) is 11.1 Å². The first kappa shape index (κ1) is 40.0. The summed E-state index contributed by atoms with van der Waals surface area (Å²) in [5.41, 5.74) is 7.90. The Balaban J connectivity index is 1.80. The number of carbonyl (C=O) groups excluding carboxylic acids is 3. The van der Waals surface area contributed by atoms with E-state index in [9.17, 15) is 22.8 Å². The van der Waals surface area contributed by atoms with Crippen molar-refractivity contribution in [3.8, 4) is 11.1 Å². The quantitative estimate of drug-likeness (QED) is 0.140. The smallest absolute Gasteiger partial charge is 0.264 e. The topological polar surface area (TPSA) is 151 Å². The number of anilines is 1. The minimum Gasteiger partial charge on any atom is -0.399 e. The molecule has 0 aliphatic heterocycles. The van der Waals surface area contributed by atoms with Crippen LogP contribution in [0, 0.1) is 11.3 Å². The van der Waals surface area contributed by atoms with Gasteiger partial charge >= 0.3 is 0 Å². The molecule has 5 N–H and O–H groups in total. The molecule has 0 aliphatic rings. The Bertz CT molecular complexity index is 1780. The SMILES string of the molecule is CN[C@H](C(=O)NC(C(=O)N(C)[C@H](/C=C(\C)C(=O)NS(=O)(=O)c1ccc(-c2ccc(N)cc2)cc1)C(C)C)C(C)(C)C)C(C)(C)c1ccccc1. The van der Waals surface area contributed by atoms with Crippen molar-refractivity contribution in [1.29, 1.82) is 0 Å². The van der Waals surface area contributed by atoms with Crippen LogP contribution in [0.2, 0.25) is 0 Å². The molecule has 10 nitrogen and oxygen atoms in total. The van der Waals surface area contributed by atoms with E-state index < -0.39 is 44.9 Å². The molecule has 0 bridgehead atoms. The van der Waals surface area contributed by atoms with Gasteiger partial charge in [0.2, 0.25) is 11.8 Å². The predicted molar refractivity (Wildman–Crippen MR) is 200 cm³/mol. The third-order valence-corrected chi connectivity index (χ3v) is 10.4. The minimum absolute atomic E-state index is 0.0652. The number of nitrogens with two attached hydrogens (primary N) is 1. The van der Waals surface area contributed by atoms with Crippen molar-refractivity contribution in [2.45, 2.75) is 83.8 Å². The zero-order valence-electron chi connectivity index (χ0n) is 30.9. The van der Waals surface area contributed by atoms with Crippen molar-refractivity contribution in [2.75, 3.05) is 19.8 Å². The molecule has 3 atom stereocenters. The highest BCUT2D eigenvalue weighted by Gasteiger charge is 2.41. The maximum absolute atomic E-state index is 14.2. The number of hydrogen-bond donors (Lipinski definition) is 4. The zero-order valence-corrected chi connectivity index (χ0v) is 31.7. The summed E-state index contributed by atoms with van der Waals surface area (Å²) in [7, 11) is -0.838. The number of amides is 3. The van der Waals surface area contributed by atoms with Crippen LogP contribution in [-0.2, 0) is 29.8 Å². The average Bonchev–Trinajstić information content (AvgIpc) is 3.05. The molecule has 3 rings (SSSR count). The van der Waals surface area contributed by atoms with Gasteiger partial charge < -0.3 is 21.3 Å². The number of carbonyl (C=O) groups is 3. The molecule has 50 heavy (non-hydrogen) atoms. The fourth-order valence-electron chi connectivity index (χ4n) is 5.93. The molecule has 0 radical (unpaired) electrons. The lowest BCUT2D eigenvalue weighted by Gasteiger charge is -2.40.